The van der Waals surface area contributed by atoms with Crippen LogP contribution in [0.3, 0.4) is 0 Å². The van der Waals surface area contributed by atoms with Crippen LogP contribution in [0.5, 0.6) is 5.75 Å². The Kier molecular flexibility index (Phi) is 7.07. The Morgan fingerprint density at radius 2 is 1.85 bits per heavy atom. The number of likely N-dealkylation sites (N-methyl/N-ethyl adjacent to an activating group) is 1. The van der Waals surface area contributed by atoms with Crippen molar-refractivity contribution in [3.8, 4) is 39.7 Å². The van der Waals surface area contributed by atoms with Crippen molar-refractivity contribution in [3.63, 3.8) is 0 Å². The molecule has 208 valence electrons. The molecule has 1 aromatic carbocycles. The lowest BCUT2D eigenvalue weighted by Gasteiger charge is -2.12. The molecule has 6 rings (SSSR count). The number of H-pyrrole nitrogens is 2. The van der Waals surface area contributed by atoms with Crippen LogP contribution < -0.4 is 10.1 Å². The van der Waals surface area contributed by atoms with Gasteiger partial charge in [-0.25, -0.2) is 9.37 Å². The van der Waals surface area contributed by atoms with E-state index in [0.717, 1.165) is 51.1 Å². The van der Waals surface area contributed by atoms with E-state index in [1.165, 1.54) is 12.1 Å². The van der Waals surface area contributed by atoms with Gasteiger partial charge in [0.25, 0.3) is 0 Å². The minimum absolute atomic E-state index is 0.291. The molecule has 10 heteroatoms. The van der Waals surface area contributed by atoms with E-state index in [9.17, 15) is 4.39 Å². The number of aromatic amines is 2. The normalized spacial score (nSPS) is 11.7. The van der Waals surface area contributed by atoms with Crippen LogP contribution in [0, 0.1) is 5.82 Å². The van der Waals surface area contributed by atoms with Gasteiger partial charge in [0, 0.05) is 59.3 Å². The fourth-order valence-electron chi connectivity index (χ4n) is 4.78. The molecule has 0 bridgehead atoms. The summed E-state index contributed by atoms with van der Waals surface area (Å²) in [7, 11) is 3.93. The van der Waals surface area contributed by atoms with Gasteiger partial charge in [0.15, 0.2) is 0 Å². The second-order valence-electron chi connectivity index (χ2n) is 10.6. The first-order chi connectivity index (χ1) is 19.8. The molecular weight excluding hydrogens is 519 g/mol. The summed E-state index contributed by atoms with van der Waals surface area (Å²) in [6, 6.07) is 14.8. The summed E-state index contributed by atoms with van der Waals surface area (Å²) in [5, 5.41) is 11.9. The molecule has 0 amide bonds. The predicted molar refractivity (Wildman–Crippen MR) is 160 cm³/mol. The van der Waals surface area contributed by atoms with E-state index in [2.05, 4.69) is 44.3 Å². The lowest BCUT2D eigenvalue weighted by Crippen LogP contribution is -2.19. The van der Waals surface area contributed by atoms with Crippen LogP contribution in [0.1, 0.15) is 13.8 Å². The quantitative estimate of drug-likeness (QED) is 0.199. The van der Waals surface area contributed by atoms with Crippen LogP contribution in [0.15, 0.2) is 67.1 Å². The average molecular weight is 551 g/mol. The topological polar surface area (TPSA) is 108 Å². The third-order valence-corrected chi connectivity index (χ3v) is 6.65. The number of hydrogen-bond acceptors (Lipinski definition) is 7. The summed E-state index contributed by atoms with van der Waals surface area (Å²) in [4.78, 5) is 19.4. The van der Waals surface area contributed by atoms with Crippen molar-refractivity contribution in [2.24, 2.45) is 0 Å². The number of halogens is 1. The molecule has 0 aliphatic heterocycles. The molecule has 0 fully saturated rings. The Hall–Kier alpha value is -4.83. The smallest absolute Gasteiger partial charge is 0.135 e. The summed E-state index contributed by atoms with van der Waals surface area (Å²) < 4.78 is 20.4. The highest BCUT2D eigenvalue weighted by molar-refractivity contribution is 5.99. The van der Waals surface area contributed by atoms with Crippen molar-refractivity contribution < 1.29 is 9.13 Å². The van der Waals surface area contributed by atoms with Crippen LogP contribution in [-0.2, 0) is 0 Å². The molecule has 0 spiro atoms. The average Bonchev–Trinajstić information content (AvgIpc) is 3.56. The second-order valence-corrected chi connectivity index (χ2v) is 10.6. The molecule has 5 heterocycles. The highest BCUT2D eigenvalue weighted by Crippen LogP contribution is 2.34. The zero-order valence-corrected chi connectivity index (χ0v) is 23.4. The maximum absolute atomic E-state index is 14.6. The Labute approximate surface area is 236 Å². The number of nitrogens with zero attached hydrogens (tertiary/aromatic N) is 5. The predicted octanol–water partition coefficient (Wildman–Crippen LogP) is 6.13. The fraction of sp³-hybridized carbons (Fsp3) is 0.226. The summed E-state index contributed by atoms with van der Waals surface area (Å²) in [6.45, 7) is 5.36. The van der Waals surface area contributed by atoms with Gasteiger partial charge in [-0.2, -0.15) is 5.10 Å². The number of nitrogens with one attached hydrogen (secondary N) is 3. The molecule has 0 saturated carbocycles. The highest BCUT2D eigenvalue weighted by Gasteiger charge is 2.17. The first-order valence-corrected chi connectivity index (χ1v) is 13.5. The van der Waals surface area contributed by atoms with E-state index in [0.29, 0.717) is 35.3 Å². The summed E-state index contributed by atoms with van der Waals surface area (Å²) in [6.07, 6.45) is 5.32. The monoisotopic (exact) mass is 550 g/mol. The maximum atomic E-state index is 14.6. The molecule has 0 atom stereocenters. The second kappa shape index (κ2) is 11.0. The van der Waals surface area contributed by atoms with Crippen molar-refractivity contribution >= 4 is 27.6 Å². The van der Waals surface area contributed by atoms with Gasteiger partial charge in [-0.05, 0) is 70.4 Å². The minimum Gasteiger partial charge on any atom is -0.492 e. The molecule has 6 aromatic rings. The molecule has 5 aromatic heterocycles. The van der Waals surface area contributed by atoms with Crippen LogP contribution in [0.2, 0.25) is 0 Å². The van der Waals surface area contributed by atoms with E-state index in [1.807, 2.05) is 55.4 Å². The molecule has 3 N–H and O–H groups in total. The van der Waals surface area contributed by atoms with E-state index in [4.69, 9.17) is 9.72 Å². The molecule has 9 nitrogen and oxygen atoms in total. The number of benzene rings is 1. The molecular formula is C31H31FN8O. The van der Waals surface area contributed by atoms with Gasteiger partial charge < -0.3 is 19.9 Å². The first-order valence-electron chi connectivity index (χ1n) is 13.5. The van der Waals surface area contributed by atoms with E-state index in [1.54, 1.807) is 18.6 Å². The fourth-order valence-corrected chi connectivity index (χ4v) is 4.78. The van der Waals surface area contributed by atoms with Gasteiger partial charge in [-0.1, -0.05) is 0 Å². The molecule has 0 unspecified atom stereocenters. The Bertz CT molecular complexity index is 1840. The van der Waals surface area contributed by atoms with Crippen LogP contribution in [-0.4, -0.2) is 68.3 Å². The van der Waals surface area contributed by atoms with Gasteiger partial charge in [-0.3, -0.25) is 15.1 Å². The largest absolute Gasteiger partial charge is 0.492 e. The van der Waals surface area contributed by atoms with Crippen molar-refractivity contribution in [1.29, 1.82) is 0 Å². The zero-order chi connectivity index (χ0) is 28.5. The number of anilines is 1. The molecule has 41 heavy (non-hydrogen) atoms. The molecule has 0 radical (unpaired) electrons. The lowest BCUT2D eigenvalue weighted by atomic mass is 10.1. The van der Waals surface area contributed by atoms with E-state index >= 15 is 0 Å². The highest BCUT2D eigenvalue weighted by atomic mass is 19.1. The van der Waals surface area contributed by atoms with Crippen molar-refractivity contribution in [1.82, 2.24) is 35.0 Å². The van der Waals surface area contributed by atoms with Crippen molar-refractivity contribution in [3.05, 3.63) is 72.9 Å². The maximum Gasteiger partial charge on any atom is 0.135 e. The van der Waals surface area contributed by atoms with Crippen LogP contribution in [0.25, 0.3) is 55.8 Å². The Morgan fingerprint density at radius 1 is 0.976 bits per heavy atom. The number of hydrogen-bond donors (Lipinski definition) is 3. The number of pyridine rings is 3. The molecule has 0 aliphatic rings. The number of fused-ring (bicyclic) bond motifs is 2. The first kappa shape index (κ1) is 26.4. The van der Waals surface area contributed by atoms with Gasteiger partial charge in [0.2, 0.25) is 0 Å². The number of ether oxygens (including phenoxy) is 1. The summed E-state index contributed by atoms with van der Waals surface area (Å²) >= 11 is 0. The van der Waals surface area contributed by atoms with Gasteiger partial charge in [-0.15, -0.1) is 0 Å². The summed E-state index contributed by atoms with van der Waals surface area (Å²) in [5.74, 6) is 0.0858. The third-order valence-electron chi connectivity index (χ3n) is 6.65. The minimum atomic E-state index is -0.380. The van der Waals surface area contributed by atoms with Crippen molar-refractivity contribution in [2.45, 2.75) is 19.9 Å². The zero-order valence-electron chi connectivity index (χ0n) is 23.4. The van der Waals surface area contributed by atoms with Crippen LogP contribution >= 0.6 is 0 Å². The standard InChI is InChI=1S/C31H31FN8O/c1-18(2)35-22-12-20(16-33-17-22)25-5-6-27-30(37-25)31(39-38-27)28-15-24-26(36-28)7-8-34-29(24)19-11-21(32)14-23(13-19)41-10-9-40(3)4/h5-8,11-18,35-36H,9-10H2,1-4H3,(H,38,39). The third kappa shape index (κ3) is 5.59. The van der Waals surface area contributed by atoms with E-state index < -0.39 is 0 Å². The van der Waals surface area contributed by atoms with Crippen molar-refractivity contribution in [2.75, 3.05) is 32.6 Å². The van der Waals surface area contributed by atoms with Crippen LogP contribution in [0.4, 0.5) is 10.1 Å². The molecule has 0 saturated heterocycles. The van der Waals surface area contributed by atoms with Gasteiger partial charge >= 0.3 is 0 Å². The van der Waals surface area contributed by atoms with Gasteiger partial charge in [0.05, 0.1) is 28.3 Å². The summed E-state index contributed by atoms with van der Waals surface area (Å²) in [5.41, 5.74) is 7.77. The number of aromatic nitrogens is 6. The van der Waals surface area contributed by atoms with E-state index in [-0.39, 0.29) is 5.82 Å². The number of rotatable bonds is 9. The van der Waals surface area contributed by atoms with Gasteiger partial charge in [0.1, 0.15) is 29.4 Å². The Balaban J connectivity index is 1.37. The molecule has 0 aliphatic carbocycles. The SMILES string of the molecule is CC(C)Nc1cncc(-c2ccc3[nH]nc(-c4cc5c(-c6cc(F)cc(OCCN(C)C)c6)nccc5[nH]4)c3n2)c1. The Morgan fingerprint density at radius 3 is 2.68 bits per heavy atom. The lowest BCUT2D eigenvalue weighted by molar-refractivity contribution is 0.260.